The van der Waals surface area contributed by atoms with Gasteiger partial charge in [-0.2, -0.15) is 12.3 Å². The largest absolute Gasteiger partial charge is 1.00 e. The molecule has 0 amide bonds. The fourth-order valence-corrected chi connectivity index (χ4v) is 0.170. The van der Waals surface area contributed by atoms with Crippen LogP contribution >= 0.6 is 0 Å². The van der Waals surface area contributed by atoms with Crippen molar-refractivity contribution in [3.8, 4) is 0 Å². The Hall–Kier alpha value is 0.786. The summed E-state index contributed by atoms with van der Waals surface area (Å²) in [6.45, 7) is 5.29. The summed E-state index contributed by atoms with van der Waals surface area (Å²) in [7, 11) is 0. The molecular weight excluding hydrogens is 125 g/mol. The third-order valence-corrected chi connectivity index (χ3v) is 0.384. The molecule has 2 heteroatoms. The second-order valence-corrected chi connectivity index (χ2v) is 0.932. The minimum atomic E-state index is 0. The van der Waals surface area contributed by atoms with E-state index in [1.807, 2.05) is 6.92 Å². The smallest absolute Gasteiger partial charge is 0.459 e. The van der Waals surface area contributed by atoms with Crippen molar-refractivity contribution in [2.45, 2.75) is 6.92 Å². The first-order chi connectivity index (χ1) is 3.41. The molecule has 0 unspecified atom stereocenters. The molecule has 0 aliphatic heterocycles. The van der Waals surface area contributed by atoms with Crippen LogP contribution in [0.2, 0.25) is 0 Å². The van der Waals surface area contributed by atoms with E-state index in [1.165, 1.54) is 0 Å². The average molecular weight is 133 g/mol. The summed E-state index contributed by atoms with van der Waals surface area (Å²) in [6, 6.07) is 0. The summed E-state index contributed by atoms with van der Waals surface area (Å²) in [4.78, 5) is 3.66. The zero-order valence-electron chi connectivity index (χ0n) is 5.39. The summed E-state index contributed by atoms with van der Waals surface area (Å²) in [5.74, 6) is 0. The van der Waals surface area contributed by atoms with Gasteiger partial charge in [-0.15, -0.1) is 18.9 Å². The monoisotopic (exact) mass is 133 g/mol. The van der Waals surface area contributed by atoms with Gasteiger partial charge < -0.3 is 4.99 Å². The summed E-state index contributed by atoms with van der Waals surface area (Å²) >= 11 is 0. The summed E-state index contributed by atoms with van der Waals surface area (Å²) in [5, 5.41) is 0. The van der Waals surface area contributed by atoms with Gasteiger partial charge in [0.15, 0.2) is 0 Å². The predicted octanol–water partition coefficient (Wildman–Crippen LogP) is -1.42. The predicted molar refractivity (Wildman–Crippen MR) is 32.2 cm³/mol. The Labute approximate surface area is 93.0 Å². The van der Waals surface area contributed by atoms with Gasteiger partial charge in [0.05, 0.1) is 0 Å². The molecule has 1 nitrogen and oxygen atoms in total. The molecule has 0 aromatic carbocycles. The van der Waals surface area contributed by atoms with E-state index < -0.39 is 0 Å². The molecule has 0 aromatic heterocycles. The van der Waals surface area contributed by atoms with Gasteiger partial charge in [-0.3, -0.25) is 0 Å². The zero-order valence-corrected chi connectivity index (χ0v) is 8.51. The van der Waals surface area contributed by atoms with Crippen LogP contribution in [0.25, 0.3) is 0 Å². The van der Waals surface area contributed by atoms with E-state index in [0.717, 1.165) is 0 Å². The molecule has 0 fully saturated rings. The Bertz CT molecular complexity index is 94.7. The fourth-order valence-electron chi connectivity index (χ4n) is 0.170. The van der Waals surface area contributed by atoms with Crippen LogP contribution in [0.3, 0.4) is 0 Å². The van der Waals surface area contributed by atoms with Gasteiger partial charge in [0, 0.05) is 0 Å². The molecule has 38 valence electrons. The summed E-state index contributed by atoms with van der Waals surface area (Å²) in [6.07, 6.45) is 7.55. The van der Waals surface area contributed by atoms with Crippen LogP contribution in [0.1, 0.15) is 6.92 Å². The average Bonchev–Trinajstić information content (AvgIpc) is 1.69. The number of hydrogen-bond acceptors (Lipinski definition) is 1. The maximum Gasteiger partial charge on any atom is 1.00 e. The van der Waals surface area contributed by atoms with E-state index in [1.54, 1.807) is 18.4 Å². The van der Waals surface area contributed by atoms with Crippen LogP contribution in [-0.2, 0) is 0 Å². The van der Waals surface area contributed by atoms with Crippen molar-refractivity contribution in [3.05, 3.63) is 24.9 Å². The molecule has 0 saturated heterocycles. The van der Waals surface area contributed by atoms with Crippen molar-refractivity contribution in [1.29, 1.82) is 0 Å². The van der Waals surface area contributed by atoms with E-state index in [-0.39, 0.29) is 51.4 Å². The van der Waals surface area contributed by atoms with Crippen LogP contribution in [0, 0.1) is 6.20 Å². The standard InChI is InChI=1S/C6H8N.K/c1-3-5-7-6-4-2;/h3-5H,1H2,2H3;/q-1;+1. The van der Waals surface area contributed by atoms with Gasteiger partial charge in [-0.25, -0.2) is 0 Å². The molecule has 0 spiro atoms. The van der Waals surface area contributed by atoms with Crippen molar-refractivity contribution in [2.24, 2.45) is 4.99 Å². The van der Waals surface area contributed by atoms with Crippen LogP contribution in [0.5, 0.6) is 0 Å². The third-order valence-electron chi connectivity index (χ3n) is 0.384. The molecule has 0 heterocycles. The quantitative estimate of drug-likeness (QED) is 0.249. The van der Waals surface area contributed by atoms with Crippen LogP contribution in [0.15, 0.2) is 23.7 Å². The van der Waals surface area contributed by atoms with Gasteiger partial charge in [-0.05, 0) is 0 Å². The first-order valence-electron chi connectivity index (χ1n) is 2.09. The van der Waals surface area contributed by atoms with Gasteiger partial charge >= 0.3 is 51.4 Å². The van der Waals surface area contributed by atoms with Crippen molar-refractivity contribution in [2.75, 3.05) is 0 Å². The second kappa shape index (κ2) is 10.7. The Morgan fingerprint density at radius 1 is 1.62 bits per heavy atom. The van der Waals surface area contributed by atoms with Gasteiger partial charge in [0.25, 0.3) is 0 Å². The topological polar surface area (TPSA) is 12.4 Å². The Kier molecular flexibility index (Phi) is 15.5. The first-order valence-corrected chi connectivity index (χ1v) is 2.09. The minimum Gasteiger partial charge on any atom is -0.459 e. The number of rotatable bonds is 2. The van der Waals surface area contributed by atoms with E-state index >= 15 is 0 Å². The zero-order chi connectivity index (χ0) is 5.54. The molecule has 0 bridgehead atoms. The Morgan fingerprint density at radius 3 is 2.62 bits per heavy atom. The van der Waals surface area contributed by atoms with E-state index in [9.17, 15) is 0 Å². The number of aliphatic imine (C=N–C) groups is 1. The molecule has 0 aliphatic carbocycles. The molecule has 0 aliphatic rings. The van der Waals surface area contributed by atoms with Gasteiger partial charge in [0.1, 0.15) is 0 Å². The van der Waals surface area contributed by atoms with Crippen molar-refractivity contribution in [1.82, 2.24) is 0 Å². The molecule has 0 N–H and O–H groups in total. The van der Waals surface area contributed by atoms with Crippen LogP contribution < -0.4 is 51.4 Å². The first kappa shape index (κ1) is 11.6. The normalized spacial score (nSPS) is 9.62. The SMILES string of the molecule is C=CC=N[C-]=CC.[K+]. The van der Waals surface area contributed by atoms with E-state index in [0.29, 0.717) is 0 Å². The Balaban J connectivity index is 0. The third kappa shape index (κ3) is 9.92. The van der Waals surface area contributed by atoms with Crippen molar-refractivity contribution in [3.63, 3.8) is 0 Å². The van der Waals surface area contributed by atoms with E-state index in [2.05, 4.69) is 17.8 Å². The molecule has 0 rings (SSSR count). The van der Waals surface area contributed by atoms with Crippen LogP contribution in [-0.4, -0.2) is 6.21 Å². The van der Waals surface area contributed by atoms with E-state index in [4.69, 9.17) is 0 Å². The molecule has 0 atom stereocenters. The summed E-state index contributed by atoms with van der Waals surface area (Å²) < 4.78 is 0. The van der Waals surface area contributed by atoms with Gasteiger partial charge in [0.2, 0.25) is 0 Å². The molecule has 8 heavy (non-hydrogen) atoms. The molecule has 0 saturated carbocycles. The van der Waals surface area contributed by atoms with Crippen molar-refractivity contribution < 1.29 is 51.4 Å². The molecule has 0 radical (unpaired) electrons. The maximum absolute atomic E-state index is 3.66. The number of allylic oxidation sites excluding steroid dienone is 2. The second-order valence-electron chi connectivity index (χ2n) is 0.932. The molecular formula is C6H8KN. The number of nitrogens with zero attached hydrogens (tertiary/aromatic N) is 1. The number of hydrogen-bond donors (Lipinski definition) is 0. The summed E-state index contributed by atoms with van der Waals surface area (Å²) in [5.41, 5.74) is 0. The fraction of sp³-hybridized carbons (Fsp3) is 0.167. The molecule has 0 aromatic rings. The minimum absolute atomic E-state index is 0. The Morgan fingerprint density at radius 2 is 2.25 bits per heavy atom. The van der Waals surface area contributed by atoms with Gasteiger partial charge in [-0.1, -0.05) is 6.92 Å². The maximum atomic E-state index is 3.66. The van der Waals surface area contributed by atoms with Crippen molar-refractivity contribution >= 4 is 6.21 Å². The van der Waals surface area contributed by atoms with Crippen LogP contribution in [0.4, 0.5) is 0 Å².